The molecule has 1 amide bonds. The van der Waals surface area contributed by atoms with E-state index in [4.69, 9.17) is 27.9 Å². The summed E-state index contributed by atoms with van der Waals surface area (Å²) in [6.07, 6.45) is 2.19. The molecule has 0 atom stereocenters. The molecule has 0 heterocycles. The summed E-state index contributed by atoms with van der Waals surface area (Å²) in [5, 5.41) is 7.14. The first-order valence-electron chi connectivity index (χ1n) is 7.18. The number of hydrogen-bond acceptors (Lipinski definition) is 3. The van der Waals surface area contributed by atoms with Gasteiger partial charge in [0, 0.05) is 24.5 Å². The average Bonchev–Trinajstić information content (AvgIpc) is 2.45. The monoisotopic (exact) mass is 332 g/mol. The van der Waals surface area contributed by atoms with Crippen LogP contribution in [0.25, 0.3) is 0 Å². The van der Waals surface area contributed by atoms with E-state index in [1.54, 1.807) is 18.2 Å². The molecule has 0 spiro atoms. The Morgan fingerprint density at radius 2 is 2.05 bits per heavy atom. The van der Waals surface area contributed by atoms with E-state index in [-0.39, 0.29) is 5.91 Å². The van der Waals surface area contributed by atoms with Crippen LogP contribution in [0.3, 0.4) is 0 Å². The fourth-order valence-corrected chi connectivity index (χ4v) is 2.15. The minimum Gasteiger partial charge on any atom is -0.492 e. The van der Waals surface area contributed by atoms with Gasteiger partial charge in [-0.1, -0.05) is 30.1 Å². The summed E-state index contributed by atoms with van der Waals surface area (Å²) in [5.74, 6) is 0.629. The highest BCUT2D eigenvalue weighted by molar-refractivity contribution is 6.35. The zero-order valence-corrected chi connectivity index (χ0v) is 13.8. The normalized spacial score (nSPS) is 10.4. The van der Waals surface area contributed by atoms with Crippen LogP contribution in [-0.2, 0) is 4.79 Å². The molecular formula is C15H22Cl2N2O2. The zero-order chi connectivity index (χ0) is 15.5. The van der Waals surface area contributed by atoms with Crippen LogP contribution >= 0.6 is 23.2 Å². The number of ether oxygens (including phenoxy) is 1. The Balaban J connectivity index is 2.09. The number of carbonyl (C=O) groups is 1. The molecule has 2 N–H and O–H groups in total. The highest BCUT2D eigenvalue weighted by atomic mass is 35.5. The van der Waals surface area contributed by atoms with Crippen molar-refractivity contribution in [2.75, 3.05) is 26.2 Å². The third-order valence-electron chi connectivity index (χ3n) is 2.75. The van der Waals surface area contributed by atoms with Crippen molar-refractivity contribution in [3.05, 3.63) is 28.2 Å². The van der Waals surface area contributed by atoms with Gasteiger partial charge in [0.1, 0.15) is 5.75 Å². The Kier molecular flexibility index (Phi) is 9.22. The summed E-state index contributed by atoms with van der Waals surface area (Å²) < 4.78 is 5.52. The highest BCUT2D eigenvalue weighted by Crippen LogP contribution is 2.27. The van der Waals surface area contributed by atoms with Crippen LogP contribution in [0.2, 0.25) is 10.0 Å². The Labute approximate surface area is 136 Å². The molecule has 118 valence electrons. The largest absolute Gasteiger partial charge is 0.492 e. The molecule has 0 aliphatic carbocycles. The van der Waals surface area contributed by atoms with Crippen molar-refractivity contribution in [1.29, 1.82) is 0 Å². The second kappa shape index (κ2) is 10.7. The van der Waals surface area contributed by atoms with Crippen LogP contribution in [0.4, 0.5) is 0 Å². The first-order valence-corrected chi connectivity index (χ1v) is 7.94. The molecule has 0 aliphatic rings. The lowest BCUT2D eigenvalue weighted by atomic mass is 10.3. The third kappa shape index (κ3) is 8.15. The fourth-order valence-electron chi connectivity index (χ4n) is 1.69. The molecule has 0 unspecified atom stereocenters. The van der Waals surface area contributed by atoms with Crippen molar-refractivity contribution in [2.45, 2.75) is 26.2 Å². The quantitative estimate of drug-likeness (QED) is 0.646. The van der Waals surface area contributed by atoms with Gasteiger partial charge in [-0.2, -0.15) is 0 Å². The van der Waals surface area contributed by atoms with Crippen LogP contribution in [0.1, 0.15) is 26.2 Å². The van der Waals surface area contributed by atoms with Gasteiger partial charge in [-0.05, 0) is 37.6 Å². The lowest BCUT2D eigenvalue weighted by Crippen LogP contribution is -2.32. The molecule has 0 saturated carbocycles. The summed E-state index contributed by atoms with van der Waals surface area (Å²) >= 11 is 11.8. The van der Waals surface area contributed by atoms with Gasteiger partial charge in [0.15, 0.2) is 0 Å². The number of carbonyl (C=O) groups excluding carboxylic acids is 1. The number of nitrogens with one attached hydrogen (secondary N) is 2. The highest BCUT2D eigenvalue weighted by Gasteiger charge is 2.04. The maximum atomic E-state index is 11.6. The van der Waals surface area contributed by atoms with E-state index in [2.05, 4.69) is 17.6 Å². The summed E-state index contributed by atoms with van der Waals surface area (Å²) in [4.78, 5) is 11.6. The lowest BCUT2D eigenvalue weighted by Gasteiger charge is -2.09. The molecule has 1 aromatic rings. The van der Waals surface area contributed by atoms with E-state index >= 15 is 0 Å². The number of halogens is 2. The molecule has 0 saturated heterocycles. The van der Waals surface area contributed by atoms with Gasteiger partial charge in [0.25, 0.3) is 0 Å². The van der Waals surface area contributed by atoms with Crippen molar-refractivity contribution in [3.8, 4) is 5.75 Å². The fraction of sp³-hybridized carbons (Fsp3) is 0.533. The smallest absolute Gasteiger partial charge is 0.220 e. The van der Waals surface area contributed by atoms with E-state index in [9.17, 15) is 4.79 Å². The number of amides is 1. The molecule has 0 radical (unpaired) electrons. The summed E-state index contributed by atoms with van der Waals surface area (Å²) in [6, 6.07) is 5.08. The number of benzene rings is 1. The Morgan fingerprint density at radius 1 is 1.24 bits per heavy atom. The van der Waals surface area contributed by atoms with E-state index in [1.165, 1.54) is 0 Å². The van der Waals surface area contributed by atoms with Crippen LogP contribution in [0.5, 0.6) is 5.75 Å². The minimum absolute atomic E-state index is 0.0408. The van der Waals surface area contributed by atoms with Crippen molar-refractivity contribution in [2.24, 2.45) is 0 Å². The summed E-state index contributed by atoms with van der Waals surface area (Å²) in [5.41, 5.74) is 0. The van der Waals surface area contributed by atoms with Gasteiger partial charge in [-0.25, -0.2) is 0 Å². The van der Waals surface area contributed by atoms with Crippen LogP contribution in [-0.4, -0.2) is 32.1 Å². The third-order valence-corrected chi connectivity index (χ3v) is 3.28. The van der Waals surface area contributed by atoms with Gasteiger partial charge in [-0.15, -0.1) is 0 Å². The Bertz CT molecular complexity index is 442. The van der Waals surface area contributed by atoms with Crippen molar-refractivity contribution < 1.29 is 9.53 Å². The van der Waals surface area contributed by atoms with Crippen molar-refractivity contribution in [3.63, 3.8) is 0 Å². The standard InChI is InChI=1S/C15H22Cl2N2O2/c1-2-7-18-8-9-19-15(20)4-3-10-21-14-6-5-12(16)11-13(14)17/h5-6,11,18H,2-4,7-10H2,1H3,(H,19,20). The Hall–Kier alpha value is -0.970. The maximum Gasteiger partial charge on any atom is 0.220 e. The first kappa shape index (κ1) is 18.1. The van der Waals surface area contributed by atoms with Gasteiger partial charge < -0.3 is 15.4 Å². The molecule has 0 aromatic heterocycles. The first-order chi connectivity index (χ1) is 10.1. The second-order valence-corrected chi connectivity index (χ2v) is 5.47. The predicted octanol–water partition coefficient (Wildman–Crippen LogP) is 3.27. The van der Waals surface area contributed by atoms with E-state index in [1.807, 2.05) is 0 Å². The van der Waals surface area contributed by atoms with Crippen molar-refractivity contribution in [1.82, 2.24) is 10.6 Å². The summed E-state index contributed by atoms with van der Waals surface area (Å²) in [7, 11) is 0. The topological polar surface area (TPSA) is 50.4 Å². The van der Waals surface area contributed by atoms with Gasteiger partial charge in [0.05, 0.1) is 11.6 Å². The minimum atomic E-state index is 0.0408. The van der Waals surface area contributed by atoms with Crippen LogP contribution < -0.4 is 15.4 Å². The zero-order valence-electron chi connectivity index (χ0n) is 12.3. The number of hydrogen-bond donors (Lipinski definition) is 2. The van der Waals surface area contributed by atoms with Gasteiger partial charge in [-0.3, -0.25) is 4.79 Å². The average molecular weight is 333 g/mol. The van der Waals surface area contributed by atoms with Crippen LogP contribution in [0, 0.1) is 0 Å². The van der Waals surface area contributed by atoms with Crippen LogP contribution in [0.15, 0.2) is 18.2 Å². The summed E-state index contributed by atoms with van der Waals surface area (Å²) in [6.45, 7) is 4.99. The molecule has 1 aromatic carbocycles. The molecule has 1 rings (SSSR count). The van der Waals surface area contributed by atoms with E-state index in [0.29, 0.717) is 41.8 Å². The predicted molar refractivity (Wildman–Crippen MR) is 87.4 cm³/mol. The SMILES string of the molecule is CCCNCCNC(=O)CCCOc1ccc(Cl)cc1Cl. The lowest BCUT2D eigenvalue weighted by molar-refractivity contribution is -0.121. The maximum absolute atomic E-state index is 11.6. The molecule has 0 aliphatic heterocycles. The number of rotatable bonds is 10. The molecule has 0 bridgehead atoms. The molecule has 4 nitrogen and oxygen atoms in total. The van der Waals surface area contributed by atoms with Crippen molar-refractivity contribution >= 4 is 29.1 Å². The van der Waals surface area contributed by atoms with Gasteiger partial charge >= 0.3 is 0 Å². The second-order valence-electron chi connectivity index (χ2n) is 4.63. The molecule has 0 fully saturated rings. The molecule has 21 heavy (non-hydrogen) atoms. The van der Waals surface area contributed by atoms with E-state index in [0.717, 1.165) is 19.5 Å². The molecule has 6 heteroatoms. The molecular weight excluding hydrogens is 311 g/mol. The van der Waals surface area contributed by atoms with Gasteiger partial charge in [0.2, 0.25) is 5.91 Å². The van der Waals surface area contributed by atoms with E-state index < -0.39 is 0 Å². The Morgan fingerprint density at radius 3 is 2.76 bits per heavy atom.